The maximum Gasteiger partial charge on any atom is 0.231 e. The first-order valence-electron chi connectivity index (χ1n) is 7.70. The van der Waals surface area contributed by atoms with Crippen LogP contribution in [0.15, 0.2) is 52.3 Å². The molecule has 1 aromatic heterocycles. The Bertz CT molecular complexity index is 891. The number of methoxy groups -OCH3 is 1. The predicted molar refractivity (Wildman–Crippen MR) is 105 cm³/mol. The molecule has 2 aromatic carbocycles. The standard InChI is InChI=1S/C19H17BrN2O2S/c1-12-3-6-14(7-4-12)21-18(23)10-19-22-16(11-25-19)13-5-8-17(24-2)15(20)9-13/h3-9,11H,10H2,1-2H3,(H,21,23). The summed E-state index contributed by atoms with van der Waals surface area (Å²) >= 11 is 4.96. The van der Waals surface area contributed by atoms with Crippen molar-refractivity contribution in [3.8, 4) is 17.0 Å². The van der Waals surface area contributed by atoms with E-state index in [9.17, 15) is 4.79 Å². The molecule has 0 aliphatic rings. The largest absolute Gasteiger partial charge is 0.496 e. The van der Waals surface area contributed by atoms with Gasteiger partial charge < -0.3 is 10.1 Å². The molecule has 3 aromatic rings. The number of carbonyl (C=O) groups is 1. The fourth-order valence-corrected chi connectivity index (χ4v) is 3.67. The van der Waals surface area contributed by atoms with E-state index in [1.165, 1.54) is 11.3 Å². The fourth-order valence-electron chi connectivity index (χ4n) is 2.33. The van der Waals surface area contributed by atoms with E-state index in [1.54, 1.807) is 7.11 Å². The Kier molecular flexibility index (Phi) is 5.50. The van der Waals surface area contributed by atoms with Crippen molar-refractivity contribution in [1.82, 2.24) is 4.98 Å². The van der Waals surface area contributed by atoms with E-state index in [4.69, 9.17) is 4.74 Å². The summed E-state index contributed by atoms with van der Waals surface area (Å²) in [5, 5.41) is 5.64. The Morgan fingerprint density at radius 2 is 2.00 bits per heavy atom. The zero-order valence-electron chi connectivity index (χ0n) is 13.9. The first-order valence-corrected chi connectivity index (χ1v) is 9.37. The van der Waals surface area contributed by atoms with E-state index in [2.05, 4.69) is 26.2 Å². The Morgan fingerprint density at radius 3 is 2.68 bits per heavy atom. The van der Waals surface area contributed by atoms with Gasteiger partial charge in [0.25, 0.3) is 0 Å². The maximum atomic E-state index is 12.2. The summed E-state index contributed by atoms with van der Waals surface area (Å²) in [6, 6.07) is 13.5. The normalized spacial score (nSPS) is 10.5. The molecule has 1 amide bonds. The predicted octanol–water partition coefficient (Wildman–Crippen LogP) is 5.07. The lowest BCUT2D eigenvalue weighted by molar-refractivity contribution is -0.115. The van der Waals surface area contributed by atoms with Crippen LogP contribution in [0.3, 0.4) is 0 Å². The molecule has 25 heavy (non-hydrogen) atoms. The summed E-state index contributed by atoms with van der Waals surface area (Å²) in [6.45, 7) is 2.01. The molecular weight excluding hydrogens is 400 g/mol. The second-order valence-electron chi connectivity index (χ2n) is 5.57. The van der Waals surface area contributed by atoms with Gasteiger partial charge in [0.2, 0.25) is 5.91 Å². The van der Waals surface area contributed by atoms with Crippen LogP contribution >= 0.6 is 27.3 Å². The molecule has 1 N–H and O–H groups in total. The van der Waals surface area contributed by atoms with Crippen molar-refractivity contribution in [2.75, 3.05) is 12.4 Å². The number of thiazole rings is 1. The molecule has 0 unspecified atom stereocenters. The van der Waals surface area contributed by atoms with E-state index in [0.29, 0.717) is 0 Å². The molecule has 3 rings (SSSR count). The van der Waals surface area contributed by atoms with Gasteiger partial charge in [-0.1, -0.05) is 17.7 Å². The molecule has 0 saturated carbocycles. The third kappa shape index (κ3) is 4.46. The third-order valence-corrected chi connectivity index (χ3v) is 5.11. The van der Waals surface area contributed by atoms with Crippen LogP contribution in [0.5, 0.6) is 5.75 Å². The maximum absolute atomic E-state index is 12.2. The molecular formula is C19H17BrN2O2S. The van der Waals surface area contributed by atoms with Crippen molar-refractivity contribution in [3.05, 3.63) is 62.9 Å². The minimum Gasteiger partial charge on any atom is -0.496 e. The highest BCUT2D eigenvalue weighted by Gasteiger charge is 2.11. The summed E-state index contributed by atoms with van der Waals surface area (Å²) in [5.41, 5.74) is 3.79. The van der Waals surface area contributed by atoms with Crippen LogP contribution in [0.1, 0.15) is 10.6 Å². The highest BCUT2D eigenvalue weighted by atomic mass is 79.9. The Morgan fingerprint density at radius 1 is 1.24 bits per heavy atom. The summed E-state index contributed by atoms with van der Waals surface area (Å²) in [5.74, 6) is 0.706. The van der Waals surface area contributed by atoms with Crippen molar-refractivity contribution in [2.24, 2.45) is 0 Å². The van der Waals surface area contributed by atoms with Crippen molar-refractivity contribution >= 4 is 38.9 Å². The zero-order valence-corrected chi connectivity index (χ0v) is 16.3. The smallest absolute Gasteiger partial charge is 0.231 e. The molecule has 0 fully saturated rings. The molecule has 0 aliphatic carbocycles. The highest BCUT2D eigenvalue weighted by molar-refractivity contribution is 9.10. The minimum absolute atomic E-state index is 0.0688. The Hall–Kier alpha value is -2.18. The van der Waals surface area contributed by atoms with Gasteiger partial charge in [-0.3, -0.25) is 4.79 Å². The molecule has 0 saturated heterocycles. The number of carbonyl (C=O) groups excluding carboxylic acids is 1. The number of nitrogens with zero attached hydrogens (tertiary/aromatic N) is 1. The van der Waals surface area contributed by atoms with Crippen molar-refractivity contribution in [3.63, 3.8) is 0 Å². The number of amides is 1. The molecule has 6 heteroatoms. The van der Waals surface area contributed by atoms with Crippen molar-refractivity contribution < 1.29 is 9.53 Å². The second kappa shape index (κ2) is 7.80. The molecule has 0 radical (unpaired) electrons. The average molecular weight is 417 g/mol. The van der Waals surface area contributed by atoms with Gasteiger partial charge >= 0.3 is 0 Å². The number of halogens is 1. The Labute approximate surface area is 159 Å². The van der Waals surface area contributed by atoms with Gasteiger partial charge in [0, 0.05) is 16.6 Å². The lowest BCUT2D eigenvalue weighted by Gasteiger charge is -2.05. The molecule has 0 spiro atoms. The van der Waals surface area contributed by atoms with Gasteiger partial charge in [-0.25, -0.2) is 4.98 Å². The number of hydrogen-bond donors (Lipinski definition) is 1. The lowest BCUT2D eigenvalue weighted by atomic mass is 10.2. The quantitative estimate of drug-likeness (QED) is 0.631. The number of benzene rings is 2. The van der Waals surface area contributed by atoms with Crippen LogP contribution in [-0.4, -0.2) is 18.0 Å². The monoisotopic (exact) mass is 416 g/mol. The van der Waals surface area contributed by atoms with Crippen LogP contribution in [-0.2, 0) is 11.2 Å². The molecule has 0 bridgehead atoms. The van der Waals surface area contributed by atoms with Gasteiger partial charge in [-0.05, 0) is 53.2 Å². The van der Waals surface area contributed by atoms with E-state index >= 15 is 0 Å². The third-order valence-electron chi connectivity index (χ3n) is 3.65. The highest BCUT2D eigenvalue weighted by Crippen LogP contribution is 2.31. The van der Waals surface area contributed by atoms with Gasteiger partial charge in [0.1, 0.15) is 10.8 Å². The molecule has 0 aliphatic heterocycles. The molecule has 128 valence electrons. The lowest BCUT2D eigenvalue weighted by Crippen LogP contribution is -2.14. The molecule has 1 heterocycles. The summed E-state index contributed by atoms with van der Waals surface area (Å²) < 4.78 is 6.11. The minimum atomic E-state index is -0.0688. The summed E-state index contributed by atoms with van der Waals surface area (Å²) in [4.78, 5) is 16.8. The van der Waals surface area contributed by atoms with E-state index < -0.39 is 0 Å². The van der Waals surface area contributed by atoms with E-state index in [1.807, 2.05) is 54.8 Å². The Balaban J connectivity index is 1.68. The number of aromatic nitrogens is 1. The number of nitrogens with one attached hydrogen (secondary N) is 1. The number of aryl methyl sites for hydroxylation is 1. The first kappa shape index (κ1) is 17.6. The van der Waals surface area contributed by atoms with Gasteiger partial charge in [0.15, 0.2) is 0 Å². The first-order chi connectivity index (χ1) is 12.0. The fraction of sp³-hybridized carbons (Fsp3) is 0.158. The van der Waals surface area contributed by atoms with Crippen LogP contribution < -0.4 is 10.1 Å². The zero-order chi connectivity index (χ0) is 17.8. The number of anilines is 1. The van der Waals surface area contributed by atoms with Crippen molar-refractivity contribution in [2.45, 2.75) is 13.3 Å². The van der Waals surface area contributed by atoms with Crippen molar-refractivity contribution in [1.29, 1.82) is 0 Å². The number of hydrogen-bond acceptors (Lipinski definition) is 4. The summed E-state index contributed by atoms with van der Waals surface area (Å²) in [6.07, 6.45) is 0.260. The van der Waals surface area contributed by atoms with E-state index in [-0.39, 0.29) is 12.3 Å². The second-order valence-corrected chi connectivity index (χ2v) is 7.36. The molecule has 0 atom stereocenters. The average Bonchev–Trinajstić information content (AvgIpc) is 3.05. The SMILES string of the molecule is COc1ccc(-c2csc(CC(=O)Nc3ccc(C)cc3)n2)cc1Br. The number of rotatable bonds is 5. The van der Waals surface area contributed by atoms with Gasteiger partial charge in [0.05, 0.1) is 23.7 Å². The van der Waals surface area contributed by atoms with E-state index in [0.717, 1.165) is 37.7 Å². The van der Waals surface area contributed by atoms with Crippen LogP contribution in [0.4, 0.5) is 5.69 Å². The number of ether oxygens (including phenoxy) is 1. The topological polar surface area (TPSA) is 51.2 Å². The van der Waals surface area contributed by atoms with Gasteiger partial charge in [-0.2, -0.15) is 0 Å². The van der Waals surface area contributed by atoms with Crippen LogP contribution in [0.2, 0.25) is 0 Å². The van der Waals surface area contributed by atoms with Gasteiger partial charge in [-0.15, -0.1) is 11.3 Å². The van der Waals surface area contributed by atoms with Crippen LogP contribution in [0.25, 0.3) is 11.3 Å². The van der Waals surface area contributed by atoms with Crippen LogP contribution in [0, 0.1) is 6.92 Å². The summed E-state index contributed by atoms with van der Waals surface area (Å²) in [7, 11) is 1.63. The molecule has 4 nitrogen and oxygen atoms in total.